The molecule has 0 aliphatic carbocycles. The summed E-state index contributed by atoms with van der Waals surface area (Å²) in [6.07, 6.45) is 1.65. The molecule has 0 bridgehead atoms. The Morgan fingerprint density at radius 1 is 1.41 bits per heavy atom. The van der Waals surface area contributed by atoms with E-state index >= 15 is 0 Å². The third kappa shape index (κ3) is 2.98. The molecule has 0 N–H and O–H groups in total. The van der Waals surface area contributed by atoms with Gasteiger partial charge in [0.2, 0.25) is 0 Å². The van der Waals surface area contributed by atoms with Crippen molar-refractivity contribution in [3.8, 4) is 0 Å². The van der Waals surface area contributed by atoms with Crippen LogP contribution in [0.25, 0.3) is 10.2 Å². The Balaban J connectivity index is 2.23. The predicted molar refractivity (Wildman–Crippen MR) is 75.1 cm³/mol. The lowest BCUT2D eigenvalue weighted by Crippen LogP contribution is -2.19. The first-order valence-corrected chi connectivity index (χ1v) is 7.25. The van der Waals surface area contributed by atoms with Crippen molar-refractivity contribution in [2.75, 3.05) is 0 Å². The van der Waals surface area contributed by atoms with Crippen molar-refractivity contribution in [2.24, 2.45) is 4.40 Å². The summed E-state index contributed by atoms with van der Waals surface area (Å²) in [5.74, 6) is 0. The van der Waals surface area contributed by atoms with Gasteiger partial charge >= 0.3 is 0 Å². The number of fused-ring (bicyclic) bond motifs is 1. The molecule has 2 aromatic rings. The van der Waals surface area contributed by atoms with Gasteiger partial charge in [0, 0.05) is 6.21 Å². The van der Waals surface area contributed by atoms with Crippen molar-refractivity contribution in [1.29, 1.82) is 0 Å². The maximum Gasteiger partial charge on any atom is 0.144 e. The predicted octanol–water partition coefficient (Wildman–Crippen LogP) is 3.18. The minimum atomic E-state index is -1.21. The lowest BCUT2D eigenvalue weighted by Gasteiger charge is -2.12. The Hall–Kier alpha value is -1.07. The van der Waals surface area contributed by atoms with Crippen LogP contribution in [-0.4, -0.2) is 20.2 Å². The van der Waals surface area contributed by atoms with E-state index in [-0.39, 0.29) is 4.75 Å². The zero-order valence-electron chi connectivity index (χ0n) is 10.0. The number of nitrogens with zero attached hydrogens (tertiary/aromatic N) is 2. The van der Waals surface area contributed by atoms with Crippen molar-refractivity contribution in [3.05, 3.63) is 29.3 Å². The van der Waals surface area contributed by atoms with E-state index in [1.54, 1.807) is 17.6 Å². The average Bonchev–Trinajstić information content (AvgIpc) is 2.71. The van der Waals surface area contributed by atoms with Crippen LogP contribution >= 0.6 is 11.3 Å². The normalized spacial score (nSPS) is 14.5. The summed E-state index contributed by atoms with van der Waals surface area (Å²) >= 11 is 1.61. The molecular weight excluding hydrogens is 252 g/mol. The number of aromatic nitrogens is 1. The molecule has 2 rings (SSSR count). The molecule has 0 aliphatic heterocycles. The van der Waals surface area contributed by atoms with Crippen LogP contribution in [0.1, 0.15) is 26.3 Å². The second-order valence-electron chi connectivity index (χ2n) is 4.68. The summed E-state index contributed by atoms with van der Waals surface area (Å²) < 4.78 is 16.7. The zero-order valence-corrected chi connectivity index (χ0v) is 11.6. The fourth-order valence-electron chi connectivity index (χ4n) is 1.22. The molecular formula is C12H14N2OS2. The van der Waals surface area contributed by atoms with Crippen molar-refractivity contribution in [1.82, 2.24) is 4.98 Å². The van der Waals surface area contributed by atoms with Crippen molar-refractivity contribution in [2.45, 2.75) is 25.5 Å². The Labute approximate surface area is 107 Å². The van der Waals surface area contributed by atoms with Crippen LogP contribution in [0.3, 0.4) is 0 Å². The highest BCUT2D eigenvalue weighted by molar-refractivity contribution is 7.85. The molecule has 0 saturated heterocycles. The molecule has 0 radical (unpaired) electrons. The van der Waals surface area contributed by atoms with Crippen molar-refractivity contribution >= 4 is 38.8 Å². The van der Waals surface area contributed by atoms with Crippen LogP contribution in [0.5, 0.6) is 0 Å². The minimum absolute atomic E-state index is 0.318. The van der Waals surface area contributed by atoms with Crippen LogP contribution in [0.2, 0.25) is 0 Å². The molecule has 0 aliphatic rings. The van der Waals surface area contributed by atoms with Gasteiger partial charge in [-0.15, -0.1) is 11.3 Å². The van der Waals surface area contributed by atoms with Gasteiger partial charge < -0.3 is 0 Å². The second-order valence-corrected chi connectivity index (χ2v) is 7.50. The second kappa shape index (κ2) is 4.66. The Kier molecular flexibility index (Phi) is 3.40. The van der Waals surface area contributed by atoms with Gasteiger partial charge in [-0.25, -0.2) is 9.19 Å². The van der Waals surface area contributed by atoms with Gasteiger partial charge in [-0.2, -0.15) is 4.40 Å². The third-order valence-corrected chi connectivity index (χ3v) is 4.33. The Morgan fingerprint density at radius 2 is 2.18 bits per heavy atom. The van der Waals surface area contributed by atoms with E-state index in [2.05, 4.69) is 9.38 Å². The monoisotopic (exact) mass is 266 g/mol. The molecule has 1 heterocycles. The average molecular weight is 266 g/mol. The van der Waals surface area contributed by atoms with Gasteiger partial charge in [0.1, 0.15) is 11.0 Å². The number of thiazole rings is 1. The Bertz CT molecular complexity index is 581. The maximum atomic E-state index is 11.8. The molecule has 1 aromatic heterocycles. The number of hydrogen-bond donors (Lipinski definition) is 0. The molecule has 5 heteroatoms. The van der Waals surface area contributed by atoms with Crippen LogP contribution in [-0.2, 0) is 11.0 Å². The van der Waals surface area contributed by atoms with E-state index in [1.165, 1.54) is 0 Å². The number of hydrogen-bond acceptors (Lipinski definition) is 3. The summed E-state index contributed by atoms with van der Waals surface area (Å²) in [6, 6.07) is 5.92. The van der Waals surface area contributed by atoms with Crippen LogP contribution in [0.15, 0.2) is 28.1 Å². The summed E-state index contributed by atoms with van der Waals surface area (Å²) in [5, 5.41) is 0. The molecule has 1 aromatic carbocycles. The quantitative estimate of drug-likeness (QED) is 0.783. The van der Waals surface area contributed by atoms with Gasteiger partial charge in [-0.3, -0.25) is 0 Å². The largest absolute Gasteiger partial charge is 0.245 e. The van der Waals surface area contributed by atoms with Crippen molar-refractivity contribution < 1.29 is 4.21 Å². The lowest BCUT2D eigenvalue weighted by atomic mass is 10.2. The van der Waals surface area contributed by atoms with Gasteiger partial charge in [-0.05, 0) is 38.5 Å². The SMILES string of the molecule is CC(C)(C)S(=O)/N=C/c1ccc2scnc2c1. The van der Waals surface area contributed by atoms with E-state index < -0.39 is 11.0 Å². The summed E-state index contributed by atoms with van der Waals surface area (Å²) in [5.41, 5.74) is 3.71. The molecule has 17 heavy (non-hydrogen) atoms. The van der Waals surface area contributed by atoms with Gasteiger partial charge in [0.15, 0.2) is 0 Å². The van der Waals surface area contributed by atoms with Crippen LogP contribution in [0, 0.1) is 0 Å². The molecule has 3 nitrogen and oxygen atoms in total. The molecule has 0 amide bonds. The minimum Gasteiger partial charge on any atom is -0.245 e. The zero-order chi connectivity index (χ0) is 12.5. The number of benzene rings is 1. The first-order valence-electron chi connectivity index (χ1n) is 5.26. The highest BCUT2D eigenvalue weighted by Gasteiger charge is 2.18. The topological polar surface area (TPSA) is 42.3 Å². The van der Waals surface area contributed by atoms with Gasteiger partial charge in [0.05, 0.1) is 20.5 Å². The maximum absolute atomic E-state index is 11.8. The highest BCUT2D eigenvalue weighted by Crippen LogP contribution is 2.18. The number of rotatable bonds is 2. The summed E-state index contributed by atoms with van der Waals surface area (Å²) in [7, 11) is -1.21. The molecule has 0 saturated carbocycles. The fraction of sp³-hybridized carbons (Fsp3) is 0.333. The van der Waals surface area contributed by atoms with Crippen LogP contribution < -0.4 is 0 Å². The lowest BCUT2D eigenvalue weighted by molar-refractivity contribution is 0.651. The molecule has 0 fully saturated rings. The van der Waals surface area contributed by atoms with Crippen LogP contribution in [0.4, 0.5) is 0 Å². The van der Waals surface area contributed by atoms with Crippen molar-refractivity contribution in [3.63, 3.8) is 0 Å². The highest BCUT2D eigenvalue weighted by atomic mass is 32.2. The summed E-state index contributed by atoms with van der Waals surface area (Å²) in [6.45, 7) is 5.72. The van der Waals surface area contributed by atoms with Gasteiger partial charge in [0.25, 0.3) is 0 Å². The third-order valence-electron chi connectivity index (χ3n) is 2.18. The van der Waals surface area contributed by atoms with E-state index in [9.17, 15) is 4.21 Å². The Morgan fingerprint density at radius 3 is 2.88 bits per heavy atom. The van der Waals surface area contributed by atoms with E-state index in [4.69, 9.17) is 0 Å². The first kappa shape index (κ1) is 12.4. The summed E-state index contributed by atoms with van der Waals surface area (Å²) in [4.78, 5) is 4.24. The molecule has 0 spiro atoms. The van der Waals surface area contributed by atoms with E-state index in [1.807, 2.05) is 44.5 Å². The first-order chi connectivity index (χ1) is 7.97. The van der Waals surface area contributed by atoms with E-state index in [0.717, 1.165) is 15.8 Å². The van der Waals surface area contributed by atoms with Gasteiger partial charge in [-0.1, -0.05) is 6.07 Å². The molecule has 90 valence electrons. The van der Waals surface area contributed by atoms with E-state index in [0.29, 0.717) is 0 Å². The molecule has 1 atom stereocenters. The standard InChI is InChI=1S/C12H14N2OS2/c1-12(2,3)17(15)14-7-9-4-5-11-10(6-9)13-8-16-11/h4-8H,1-3H3/b14-7+. The fourth-order valence-corrected chi connectivity index (χ4v) is 2.41. The smallest absolute Gasteiger partial charge is 0.144 e. The molecule has 1 unspecified atom stereocenters.